The van der Waals surface area contributed by atoms with Crippen molar-refractivity contribution >= 4 is 5.84 Å². The van der Waals surface area contributed by atoms with E-state index in [0.29, 0.717) is 12.6 Å². The van der Waals surface area contributed by atoms with Crippen LogP contribution in [0.3, 0.4) is 0 Å². The van der Waals surface area contributed by atoms with E-state index >= 15 is 0 Å². The number of amidine groups is 1. The van der Waals surface area contributed by atoms with Crippen molar-refractivity contribution in [3.05, 3.63) is 0 Å². The molecule has 0 amide bonds. The number of aliphatic hydroxyl groups is 1. The molecule has 0 aromatic heterocycles. The zero-order valence-electron chi connectivity index (χ0n) is 15.5. The summed E-state index contributed by atoms with van der Waals surface area (Å²) in [6.45, 7) is 3.58. The number of aliphatic imine (C=N–C) groups is 1. The third-order valence-electron chi connectivity index (χ3n) is 4.85. The van der Waals surface area contributed by atoms with Gasteiger partial charge in [0.05, 0.1) is 12.4 Å². The first-order chi connectivity index (χ1) is 11.4. The molecule has 0 aliphatic carbocycles. The minimum Gasteiger partial charge on any atom is -0.396 e. The summed E-state index contributed by atoms with van der Waals surface area (Å²) in [6.07, 6.45) is 19.6. The fourth-order valence-corrected chi connectivity index (χ4v) is 3.32. The molecule has 1 rings (SSSR count). The number of hydrogen-bond acceptors (Lipinski definition) is 3. The van der Waals surface area contributed by atoms with Crippen LogP contribution < -0.4 is 5.32 Å². The fraction of sp³-hybridized carbons (Fsp3) is 0.950. The second-order valence-electron chi connectivity index (χ2n) is 7.13. The van der Waals surface area contributed by atoms with Crippen LogP contribution in [0.2, 0.25) is 0 Å². The molecule has 2 N–H and O–H groups in total. The highest BCUT2D eigenvalue weighted by Crippen LogP contribution is 2.13. The van der Waals surface area contributed by atoms with Crippen molar-refractivity contribution in [3.8, 4) is 0 Å². The molecule has 23 heavy (non-hydrogen) atoms. The van der Waals surface area contributed by atoms with Gasteiger partial charge in [0.1, 0.15) is 0 Å². The number of hydrogen-bond donors (Lipinski definition) is 2. The van der Waals surface area contributed by atoms with Gasteiger partial charge in [0.25, 0.3) is 0 Å². The lowest BCUT2D eigenvalue weighted by atomic mass is 10.1. The number of nitrogens with one attached hydrogen (secondary N) is 1. The summed E-state index contributed by atoms with van der Waals surface area (Å²) in [4.78, 5) is 4.65. The lowest BCUT2D eigenvalue weighted by Crippen LogP contribution is -2.29. The second kappa shape index (κ2) is 15.0. The van der Waals surface area contributed by atoms with E-state index in [1.54, 1.807) is 0 Å². The molecule has 0 fully saturated rings. The van der Waals surface area contributed by atoms with E-state index in [0.717, 1.165) is 25.8 Å². The summed E-state index contributed by atoms with van der Waals surface area (Å²) in [5.41, 5.74) is 0. The molecule has 3 heteroatoms. The van der Waals surface area contributed by atoms with Crippen LogP contribution in [0.5, 0.6) is 0 Å². The Hall–Kier alpha value is -0.570. The summed E-state index contributed by atoms with van der Waals surface area (Å²) >= 11 is 0. The molecule has 3 nitrogen and oxygen atoms in total. The van der Waals surface area contributed by atoms with E-state index in [-0.39, 0.29) is 0 Å². The molecule has 1 aliphatic heterocycles. The molecular weight excluding hydrogens is 284 g/mol. The molecule has 0 spiro atoms. The molecule has 0 radical (unpaired) electrons. The van der Waals surface area contributed by atoms with Crippen LogP contribution in [-0.4, -0.2) is 30.1 Å². The lowest BCUT2D eigenvalue weighted by molar-refractivity contribution is 0.281. The highest BCUT2D eigenvalue weighted by Gasteiger charge is 2.15. The lowest BCUT2D eigenvalue weighted by Gasteiger charge is -2.11. The van der Waals surface area contributed by atoms with Gasteiger partial charge in [0.2, 0.25) is 0 Å². The average molecular weight is 325 g/mol. The Bertz CT molecular complexity index is 291. The molecule has 1 unspecified atom stereocenters. The van der Waals surface area contributed by atoms with E-state index in [1.807, 2.05) is 0 Å². The van der Waals surface area contributed by atoms with Gasteiger partial charge < -0.3 is 10.4 Å². The van der Waals surface area contributed by atoms with Crippen molar-refractivity contribution in [1.82, 2.24) is 5.32 Å². The van der Waals surface area contributed by atoms with Gasteiger partial charge in [-0.15, -0.1) is 0 Å². The Morgan fingerprint density at radius 3 is 2.13 bits per heavy atom. The van der Waals surface area contributed by atoms with Gasteiger partial charge in [-0.05, 0) is 19.3 Å². The van der Waals surface area contributed by atoms with Crippen LogP contribution in [0, 0.1) is 0 Å². The Morgan fingerprint density at radius 2 is 1.48 bits per heavy atom. The topological polar surface area (TPSA) is 44.6 Å². The molecule has 136 valence electrons. The van der Waals surface area contributed by atoms with Crippen LogP contribution in [0.4, 0.5) is 0 Å². The number of aliphatic hydroxyl groups excluding tert-OH is 1. The maximum atomic E-state index is 8.78. The minimum atomic E-state index is 0.332. The highest BCUT2D eigenvalue weighted by molar-refractivity contribution is 5.83. The molecule has 0 bridgehead atoms. The van der Waals surface area contributed by atoms with Crippen molar-refractivity contribution in [2.24, 2.45) is 4.99 Å². The summed E-state index contributed by atoms with van der Waals surface area (Å²) < 4.78 is 0. The maximum Gasteiger partial charge on any atom is 0.0966 e. The van der Waals surface area contributed by atoms with Gasteiger partial charge in [-0.3, -0.25) is 4.99 Å². The monoisotopic (exact) mass is 324 g/mol. The first kappa shape index (κ1) is 20.5. The molecule has 1 aliphatic rings. The Morgan fingerprint density at radius 1 is 0.870 bits per heavy atom. The van der Waals surface area contributed by atoms with Gasteiger partial charge in [-0.2, -0.15) is 0 Å². The van der Waals surface area contributed by atoms with Gasteiger partial charge in [0, 0.05) is 19.1 Å². The van der Waals surface area contributed by atoms with Crippen molar-refractivity contribution in [2.45, 2.75) is 109 Å². The zero-order chi connectivity index (χ0) is 16.6. The SMILES string of the molecule is CCCCCCCCCCCCC1=NCC(CCCCCO)N1. The normalized spacial score (nSPS) is 17.3. The smallest absolute Gasteiger partial charge is 0.0966 e. The zero-order valence-corrected chi connectivity index (χ0v) is 15.5. The molecule has 0 aromatic rings. The van der Waals surface area contributed by atoms with Crippen LogP contribution in [-0.2, 0) is 0 Å². The molecule has 0 aromatic carbocycles. The van der Waals surface area contributed by atoms with Crippen LogP contribution in [0.25, 0.3) is 0 Å². The Balaban J connectivity index is 1.83. The first-order valence-electron chi connectivity index (χ1n) is 10.3. The van der Waals surface area contributed by atoms with Gasteiger partial charge in [-0.25, -0.2) is 0 Å². The number of unbranched alkanes of at least 4 members (excludes halogenated alkanes) is 11. The van der Waals surface area contributed by atoms with Crippen molar-refractivity contribution < 1.29 is 5.11 Å². The first-order valence-corrected chi connectivity index (χ1v) is 10.3. The predicted molar refractivity (Wildman–Crippen MR) is 101 cm³/mol. The third-order valence-corrected chi connectivity index (χ3v) is 4.85. The molecule has 1 atom stereocenters. The standard InChI is InChI=1S/C20H40N2O/c1-2-3-4-5-6-7-8-9-10-13-16-20-21-18-19(22-20)15-12-11-14-17-23/h19,23H,2-18H2,1H3,(H,21,22). The van der Waals surface area contributed by atoms with Gasteiger partial charge in [0.15, 0.2) is 0 Å². The molecular formula is C20H40N2O. The summed E-state index contributed by atoms with van der Waals surface area (Å²) in [5.74, 6) is 1.25. The third kappa shape index (κ3) is 11.6. The largest absolute Gasteiger partial charge is 0.396 e. The molecule has 0 saturated heterocycles. The fourth-order valence-electron chi connectivity index (χ4n) is 3.32. The minimum absolute atomic E-state index is 0.332. The Labute approximate surface area is 144 Å². The van der Waals surface area contributed by atoms with Crippen LogP contribution >= 0.6 is 0 Å². The number of rotatable bonds is 16. The van der Waals surface area contributed by atoms with E-state index in [9.17, 15) is 0 Å². The van der Waals surface area contributed by atoms with Crippen molar-refractivity contribution in [1.29, 1.82) is 0 Å². The van der Waals surface area contributed by atoms with Crippen molar-refractivity contribution in [3.63, 3.8) is 0 Å². The summed E-state index contributed by atoms with van der Waals surface area (Å²) in [7, 11) is 0. The van der Waals surface area contributed by atoms with Gasteiger partial charge in [-0.1, -0.05) is 77.6 Å². The predicted octanol–water partition coefficient (Wildman–Crippen LogP) is 5.22. The van der Waals surface area contributed by atoms with E-state index in [4.69, 9.17) is 5.11 Å². The van der Waals surface area contributed by atoms with Gasteiger partial charge >= 0.3 is 0 Å². The van der Waals surface area contributed by atoms with Crippen molar-refractivity contribution in [2.75, 3.05) is 13.2 Å². The number of nitrogens with zero attached hydrogens (tertiary/aromatic N) is 1. The average Bonchev–Trinajstić information content (AvgIpc) is 3.01. The molecule has 1 heterocycles. The Kier molecular flexibility index (Phi) is 13.3. The second-order valence-corrected chi connectivity index (χ2v) is 7.13. The molecule has 0 saturated carbocycles. The summed E-state index contributed by atoms with van der Waals surface area (Å²) in [5, 5.41) is 12.4. The van der Waals surface area contributed by atoms with Crippen LogP contribution in [0.15, 0.2) is 4.99 Å². The van der Waals surface area contributed by atoms with Crippen LogP contribution in [0.1, 0.15) is 103 Å². The van der Waals surface area contributed by atoms with E-state index in [2.05, 4.69) is 17.2 Å². The highest BCUT2D eigenvalue weighted by atomic mass is 16.2. The van der Waals surface area contributed by atoms with E-state index < -0.39 is 0 Å². The summed E-state index contributed by atoms with van der Waals surface area (Å²) in [6, 6.07) is 0.562. The van der Waals surface area contributed by atoms with E-state index in [1.165, 1.54) is 82.9 Å². The quantitative estimate of drug-likeness (QED) is 0.382. The maximum absolute atomic E-state index is 8.78.